The molecular formula is C23H24O2. The maximum Gasteiger partial charge on any atom is 0.162 e. The van der Waals surface area contributed by atoms with Crippen LogP contribution in [0.4, 0.5) is 0 Å². The number of Topliss-reactive ketones (excluding diaryl/α,β-unsaturated/α-hetero) is 1. The molecule has 25 heavy (non-hydrogen) atoms. The van der Waals surface area contributed by atoms with E-state index in [1.165, 1.54) is 5.56 Å². The molecule has 0 radical (unpaired) electrons. The maximum atomic E-state index is 12.3. The lowest BCUT2D eigenvalue weighted by Gasteiger charge is -2.16. The van der Waals surface area contributed by atoms with Gasteiger partial charge in [-0.3, -0.25) is 4.79 Å². The van der Waals surface area contributed by atoms with Crippen LogP contribution in [0.2, 0.25) is 0 Å². The lowest BCUT2D eigenvalue weighted by molar-refractivity contribution is 0.0988. The van der Waals surface area contributed by atoms with E-state index in [0.717, 1.165) is 34.1 Å². The van der Waals surface area contributed by atoms with Crippen molar-refractivity contribution in [2.75, 3.05) is 0 Å². The van der Waals surface area contributed by atoms with Gasteiger partial charge in [0.05, 0.1) is 6.10 Å². The van der Waals surface area contributed by atoms with Gasteiger partial charge in [0, 0.05) is 17.4 Å². The quantitative estimate of drug-likeness (QED) is 0.532. The minimum Gasteiger partial charge on any atom is -0.490 e. The molecule has 128 valence electrons. The zero-order chi connectivity index (χ0) is 17.8. The van der Waals surface area contributed by atoms with E-state index >= 15 is 0 Å². The minimum atomic E-state index is 0.104. The van der Waals surface area contributed by atoms with Gasteiger partial charge in [0.1, 0.15) is 5.75 Å². The summed E-state index contributed by atoms with van der Waals surface area (Å²) in [5, 5.41) is 2.16. The molecule has 0 unspecified atom stereocenters. The van der Waals surface area contributed by atoms with Crippen molar-refractivity contribution in [3.05, 3.63) is 77.4 Å². The number of ether oxygens (including phenoxy) is 1. The van der Waals surface area contributed by atoms with Gasteiger partial charge in [-0.25, -0.2) is 0 Å². The van der Waals surface area contributed by atoms with E-state index in [1.807, 2.05) is 63.2 Å². The highest BCUT2D eigenvalue weighted by Crippen LogP contribution is 2.32. The SMILES string of the molecule is CCC(=O)c1cc(Cc2ccccc2)c2c(OC(C)C)cccc2c1. The van der Waals surface area contributed by atoms with Gasteiger partial charge in [0.15, 0.2) is 5.78 Å². The third-order valence-corrected chi connectivity index (χ3v) is 4.26. The fourth-order valence-corrected chi connectivity index (χ4v) is 3.15. The molecule has 0 amide bonds. The largest absolute Gasteiger partial charge is 0.490 e. The normalized spacial score (nSPS) is 11.0. The van der Waals surface area contributed by atoms with Crippen molar-refractivity contribution in [3.63, 3.8) is 0 Å². The van der Waals surface area contributed by atoms with Gasteiger partial charge in [-0.2, -0.15) is 0 Å². The number of carbonyl (C=O) groups excluding carboxylic acids is 1. The molecule has 0 aliphatic heterocycles. The monoisotopic (exact) mass is 332 g/mol. The summed E-state index contributed by atoms with van der Waals surface area (Å²) in [5.41, 5.74) is 3.14. The lowest BCUT2D eigenvalue weighted by atomic mass is 9.93. The van der Waals surface area contributed by atoms with Crippen LogP contribution in [0, 0.1) is 0 Å². The van der Waals surface area contributed by atoms with E-state index in [1.54, 1.807) is 0 Å². The summed E-state index contributed by atoms with van der Waals surface area (Å²) in [4.78, 5) is 12.3. The Bertz CT molecular complexity index is 879. The van der Waals surface area contributed by atoms with E-state index < -0.39 is 0 Å². The highest BCUT2D eigenvalue weighted by atomic mass is 16.5. The summed E-state index contributed by atoms with van der Waals surface area (Å²) in [6.45, 7) is 5.97. The van der Waals surface area contributed by atoms with Crippen molar-refractivity contribution in [2.45, 2.75) is 39.7 Å². The minimum absolute atomic E-state index is 0.104. The molecule has 0 aliphatic carbocycles. The molecule has 0 N–H and O–H groups in total. The van der Waals surface area contributed by atoms with Gasteiger partial charge in [-0.1, -0.05) is 49.4 Å². The molecule has 0 heterocycles. The predicted octanol–water partition coefficient (Wildman–Crippen LogP) is 5.81. The topological polar surface area (TPSA) is 26.3 Å². The van der Waals surface area contributed by atoms with Gasteiger partial charge in [-0.15, -0.1) is 0 Å². The first-order valence-corrected chi connectivity index (χ1v) is 8.88. The van der Waals surface area contributed by atoms with Crippen LogP contribution in [-0.2, 0) is 6.42 Å². The first kappa shape index (κ1) is 17.2. The standard InChI is InChI=1S/C23H24O2/c1-4-21(24)19-14-18-11-8-12-22(25-16(2)3)23(18)20(15-19)13-17-9-6-5-7-10-17/h5-12,14-16H,4,13H2,1-3H3. The van der Waals surface area contributed by atoms with Crippen LogP contribution in [0.1, 0.15) is 48.7 Å². The van der Waals surface area contributed by atoms with Crippen LogP contribution in [0.15, 0.2) is 60.7 Å². The molecule has 2 nitrogen and oxygen atoms in total. The average Bonchev–Trinajstić information content (AvgIpc) is 2.61. The summed E-state index contributed by atoms with van der Waals surface area (Å²) in [5.74, 6) is 1.06. The Morgan fingerprint density at radius 3 is 2.44 bits per heavy atom. The van der Waals surface area contributed by atoms with Crippen LogP contribution < -0.4 is 4.74 Å². The number of ketones is 1. The van der Waals surface area contributed by atoms with Gasteiger partial charge in [0.25, 0.3) is 0 Å². The number of benzene rings is 3. The van der Waals surface area contributed by atoms with Crippen molar-refractivity contribution in [1.29, 1.82) is 0 Å². The predicted molar refractivity (Wildman–Crippen MR) is 104 cm³/mol. The maximum absolute atomic E-state index is 12.3. The number of rotatable bonds is 6. The van der Waals surface area contributed by atoms with Crippen molar-refractivity contribution < 1.29 is 9.53 Å². The van der Waals surface area contributed by atoms with Crippen molar-refractivity contribution in [3.8, 4) is 5.75 Å². The van der Waals surface area contributed by atoms with E-state index in [-0.39, 0.29) is 11.9 Å². The third kappa shape index (κ3) is 3.90. The second-order valence-electron chi connectivity index (χ2n) is 6.60. The Labute approximate surface area is 149 Å². The van der Waals surface area contributed by atoms with Crippen molar-refractivity contribution >= 4 is 16.6 Å². The zero-order valence-electron chi connectivity index (χ0n) is 15.1. The molecule has 0 aromatic heterocycles. The van der Waals surface area contributed by atoms with Gasteiger partial charge in [-0.05, 0) is 55.0 Å². The average molecular weight is 332 g/mol. The number of fused-ring (bicyclic) bond motifs is 1. The zero-order valence-corrected chi connectivity index (χ0v) is 15.1. The molecule has 3 rings (SSSR count). The Hall–Kier alpha value is -2.61. The van der Waals surface area contributed by atoms with Gasteiger partial charge >= 0.3 is 0 Å². The van der Waals surface area contributed by atoms with Crippen molar-refractivity contribution in [2.24, 2.45) is 0 Å². The first-order valence-electron chi connectivity index (χ1n) is 8.88. The van der Waals surface area contributed by atoms with Crippen LogP contribution in [0.3, 0.4) is 0 Å². The molecule has 0 saturated heterocycles. The van der Waals surface area contributed by atoms with Gasteiger partial charge < -0.3 is 4.74 Å². The highest BCUT2D eigenvalue weighted by Gasteiger charge is 2.14. The molecule has 0 spiro atoms. The molecule has 0 aliphatic rings. The first-order chi connectivity index (χ1) is 12.1. The fraction of sp³-hybridized carbons (Fsp3) is 0.261. The van der Waals surface area contributed by atoms with Crippen molar-refractivity contribution in [1.82, 2.24) is 0 Å². The third-order valence-electron chi connectivity index (χ3n) is 4.26. The second kappa shape index (κ2) is 7.52. The van der Waals surface area contributed by atoms with Crippen LogP contribution in [0.25, 0.3) is 10.8 Å². The molecule has 0 fully saturated rings. The Morgan fingerprint density at radius 1 is 1.00 bits per heavy atom. The molecule has 0 atom stereocenters. The Kier molecular flexibility index (Phi) is 5.18. The smallest absolute Gasteiger partial charge is 0.162 e. The molecule has 3 aromatic rings. The number of hydrogen-bond acceptors (Lipinski definition) is 2. The highest BCUT2D eigenvalue weighted by molar-refractivity contribution is 6.02. The Morgan fingerprint density at radius 2 is 1.76 bits per heavy atom. The number of carbonyl (C=O) groups is 1. The van der Waals surface area contributed by atoms with Gasteiger partial charge in [0.2, 0.25) is 0 Å². The second-order valence-corrected chi connectivity index (χ2v) is 6.60. The van der Waals surface area contributed by atoms with E-state index in [0.29, 0.717) is 6.42 Å². The lowest BCUT2D eigenvalue weighted by Crippen LogP contribution is -2.07. The molecule has 0 bridgehead atoms. The van der Waals surface area contributed by atoms with Crippen LogP contribution >= 0.6 is 0 Å². The summed E-state index contributed by atoms with van der Waals surface area (Å²) < 4.78 is 6.05. The van der Waals surface area contributed by atoms with E-state index in [2.05, 4.69) is 18.2 Å². The summed E-state index contributed by atoms with van der Waals surface area (Å²) >= 11 is 0. The van der Waals surface area contributed by atoms with Crippen LogP contribution in [-0.4, -0.2) is 11.9 Å². The number of hydrogen-bond donors (Lipinski definition) is 0. The summed E-state index contributed by atoms with van der Waals surface area (Å²) in [6, 6.07) is 20.4. The van der Waals surface area contributed by atoms with E-state index in [4.69, 9.17) is 4.74 Å². The molecular weight excluding hydrogens is 308 g/mol. The van der Waals surface area contributed by atoms with E-state index in [9.17, 15) is 4.79 Å². The molecule has 3 aromatic carbocycles. The summed E-state index contributed by atoms with van der Waals surface area (Å²) in [6.07, 6.45) is 1.39. The summed E-state index contributed by atoms with van der Waals surface area (Å²) in [7, 11) is 0. The Balaban J connectivity index is 2.19. The fourth-order valence-electron chi connectivity index (χ4n) is 3.15. The molecule has 2 heteroatoms. The molecule has 0 saturated carbocycles. The van der Waals surface area contributed by atoms with Crippen LogP contribution in [0.5, 0.6) is 5.75 Å².